The number of rotatable bonds is 7. The van der Waals surface area contributed by atoms with Crippen molar-refractivity contribution in [1.29, 1.82) is 0 Å². The molecule has 0 saturated carbocycles. The van der Waals surface area contributed by atoms with Crippen LogP contribution in [0.2, 0.25) is 0 Å². The molecule has 0 radical (unpaired) electrons. The second-order valence-corrected chi connectivity index (χ2v) is 17.3. The Morgan fingerprint density at radius 2 is 0.865 bits per heavy atom. The summed E-state index contributed by atoms with van der Waals surface area (Å²) in [6, 6.07) is 65.7. The van der Waals surface area contributed by atoms with Crippen LogP contribution in [0.25, 0.3) is 50.5 Å². The van der Waals surface area contributed by atoms with E-state index >= 15 is 0 Å². The van der Waals surface area contributed by atoms with Crippen LogP contribution in [-0.4, -0.2) is 27.6 Å². The Hall–Kier alpha value is -6.43. The van der Waals surface area contributed by atoms with Crippen LogP contribution in [0, 0.1) is 13.8 Å². The molecule has 9 aromatic rings. The molecule has 0 unspecified atom stereocenters. The summed E-state index contributed by atoms with van der Waals surface area (Å²) in [5.74, 6) is 1.90. The molecule has 0 aliphatic heterocycles. The summed E-state index contributed by atoms with van der Waals surface area (Å²) in [5, 5.41) is 7.69. The van der Waals surface area contributed by atoms with Crippen molar-refractivity contribution in [2.45, 2.75) is 13.8 Å². The van der Waals surface area contributed by atoms with Crippen LogP contribution in [0.3, 0.4) is 0 Å². The summed E-state index contributed by atoms with van der Waals surface area (Å²) in [6.07, 6.45) is 0. The van der Waals surface area contributed by atoms with Crippen molar-refractivity contribution < 1.29 is 0 Å². The van der Waals surface area contributed by atoms with E-state index in [0.29, 0.717) is 17.6 Å². The average Bonchev–Trinajstić information content (AvgIpc) is 3.53. The highest BCUT2D eigenvalue weighted by atomic mass is 28.3. The number of benzene rings is 7. The maximum absolute atomic E-state index is 5.20. The Morgan fingerprint density at radius 3 is 1.38 bits per heavy atom. The van der Waals surface area contributed by atoms with Gasteiger partial charge >= 0.3 is 0 Å². The van der Waals surface area contributed by atoms with Crippen molar-refractivity contribution in [3.05, 3.63) is 193 Å². The van der Waals surface area contributed by atoms with E-state index in [1.807, 2.05) is 0 Å². The number of aryl methyl sites for hydroxylation is 2. The first-order valence-corrected chi connectivity index (χ1v) is 19.7. The molecule has 2 aromatic heterocycles. The van der Waals surface area contributed by atoms with Crippen LogP contribution < -0.4 is 20.7 Å². The lowest BCUT2D eigenvalue weighted by Gasteiger charge is -2.34. The van der Waals surface area contributed by atoms with Crippen LogP contribution in [-0.2, 0) is 0 Å². The molecule has 0 bridgehead atoms. The Labute approximate surface area is 304 Å². The smallest absolute Gasteiger partial charge is 0.238 e. The van der Waals surface area contributed by atoms with Crippen LogP contribution in [0.1, 0.15) is 11.1 Å². The third-order valence-corrected chi connectivity index (χ3v) is 14.9. The van der Waals surface area contributed by atoms with Gasteiger partial charge in [-0.2, -0.15) is 9.97 Å². The molecule has 0 aliphatic carbocycles. The summed E-state index contributed by atoms with van der Waals surface area (Å²) in [4.78, 5) is 15.4. The van der Waals surface area contributed by atoms with E-state index in [0.717, 1.165) is 38.7 Å². The molecule has 5 heteroatoms. The van der Waals surface area contributed by atoms with Gasteiger partial charge in [0.2, 0.25) is 5.95 Å². The molecule has 4 nitrogen and oxygen atoms in total. The van der Waals surface area contributed by atoms with Crippen molar-refractivity contribution in [2.75, 3.05) is 0 Å². The molecule has 2 heterocycles. The Bertz CT molecular complexity index is 2540. The summed E-state index contributed by atoms with van der Waals surface area (Å²) in [7, 11) is -2.74. The van der Waals surface area contributed by atoms with Gasteiger partial charge in [0.1, 0.15) is 0 Å². The molecule has 0 spiro atoms. The molecule has 7 aromatic carbocycles. The third-order valence-electron chi connectivity index (χ3n) is 10.1. The van der Waals surface area contributed by atoms with E-state index in [1.165, 1.54) is 26.1 Å². The highest BCUT2D eigenvalue weighted by molar-refractivity contribution is 7.20. The van der Waals surface area contributed by atoms with E-state index in [2.05, 4.69) is 200 Å². The maximum Gasteiger partial charge on any atom is 0.238 e. The van der Waals surface area contributed by atoms with E-state index < -0.39 is 8.07 Å². The van der Waals surface area contributed by atoms with Crippen molar-refractivity contribution >= 4 is 50.6 Å². The van der Waals surface area contributed by atoms with E-state index in [9.17, 15) is 0 Å². The molecule has 0 aliphatic rings. The van der Waals surface area contributed by atoms with E-state index in [1.54, 1.807) is 0 Å². The lowest BCUT2D eigenvalue weighted by Crippen LogP contribution is -2.74. The number of aromatic nitrogens is 4. The van der Waals surface area contributed by atoms with Gasteiger partial charge < -0.3 is 0 Å². The number of fused-ring (bicyclic) bond motifs is 3. The van der Waals surface area contributed by atoms with Crippen LogP contribution in [0.4, 0.5) is 0 Å². The first-order chi connectivity index (χ1) is 25.6. The summed E-state index contributed by atoms with van der Waals surface area (Å²) in [6.45, 7) is 4.20. The fourth-order valence-corrected chi connectivity index (χ4v) is 12.5. The van der Waals surface area contributed by atoms with Gasteiger partial charge in [-0.3, -0.25) is 4.57 Å². The van der Waals surface area contributed by atoms with Gasteiger partial charge in [0, 0.05) is 21.9 Å². The zero-order chi connectivity index (χ0) is 35.1. The Morgan fingerprint density at radius 1 is 0.385 bits per heavy atom. The summed E-state index contributed by atoms with van der Waals surface area (Å²) < 4.78 is 2.21. The number of hydrogen-bond acceptors (Lipinski definition) is 3. The second-order valence-electron chi connectivity index (χ2n) is 13.5. The zero-order valence-electron chi connectivity index (χ0n) is 29.1. The molecular weight excluding hydrogens is 649 g/mol. The van der Waals surface area contributed by atoms with Crippen LogP contribution in [0.5, 0.6) is 0 Å². The molecule has 0 amide bonds. The summed E-state index contributed by atoms with van der Waals surface area (Å²) in [5.41, 5.74) is 6.35. The molecule has 248 valence electrons. The molecule has 9 rings (SSSR count). The minimum atomic E-state index is -2.74. The molecular formula is C47H36N4Si. The monoisotopic (exact) mass is 684 g/mol. The first kappa shape index (κ1) is 31.5. The van der Waals surface area contributed by atoms with Gasteiger partial charge in [0.15, 0.2) is 19.7 Å². The van der Waals surface area contributed by atoms with Crippen molar-refractivity contribution in [1.82, 2.24) is 19.5 Å². The van der Waals surface area contributed by atoms with Crippen molar-refractivity contribution in [3.63, 3.8) is 0 Å². The minimum Gasteiger partial charge on any atom is -0.278 e. The predicted molar refractivity (Wildman–Crippen MR) is 218 cm³/mol. The third kappa shape index (κ3) is 5.34. The van der Waals surface area contributed by atoms with Crippen molar-refractivity contribution in [3.8, 4) is 28.7 Å². The van der Waals surface area contributed by atoms with E-state index in [4.69, 9.17) is 15.0 Å². The number of para-hydroxylation sites is 1. The summed E-state index contributed by atoms with van der Waals surface area (Å²) >= 11 is 0. The van der Waals surface area contributed by atoms with Gasteiger partial charge in [-0.25, -0.2) is 4.98 Å². The molecule has 0 atom stereocenters. The fraction of sp³-hybridized carbons (Fsp3) is 0.0426. The SMILES string of the molecule is Cc1cccc(-c2nc(-c3cccc(C)c3)nc(-n3c4ccccc4c4cc([Si](c5ccccc5)(c5ccccc5)c5ccccc5)ccc43)n2)c1. The average molecular weight is 685 g/mol. The number of nitrogens with zero attached hydrogens (tertiary/aromatic N) is 4. The van der Waals surface area contributed by atoms with E-state index in [-0.39, 0.29) is 0 Å². The van der Waals surface area contributed by atoms with Gasteiger partial charge in [-0.05, 0) is 58.9 Å². The Balaban J connectivity index is 1.34. The van der Waals surface area contributed by atoms with Crippen LogP contribution >= 0.6 is 0 Å². The molecule has 52 heavy (non-hydrogen) atoms. The van der Waals surface area contributed by atoms with Crippen LogP contribution in [0.15, 0.2) is 182 Å². The number of hydrogen-bond donors (Lipinski definition) is 0. The minimum absolute atomic E-state index is 0.597. The lowest BCUT2D eigenvalue weighted by molar-refractivity contribution is 0.953. The molecule has 0 fully saturated rings. The fourth-order valence-electron chi connectivity index (χ4n) is 7.78. The van der Waals surface area contributed by atoms with Gasteiger partial charge in [-0.15, -0.1) is 0 Å². The molecule has 0 N–H and O–H groups in total. The zero-order valence-corrected chi connectivity index (χ0v) is 30.1. The van der Waals surface area contributed by atoms with Gasteiger partial charge in [-0.1, -0.05) is 169 Å². The molecule has 0 saturated heterocycles. The highest BCUT2D eigenvalue weighted by Gasteiger charge is 2.41. The largest absolute Gasteiger partial charge is 0.278 e. The maximum atomic E-state index is 5.20. The normalized spacial score (nSPS) is 11.7. The quantitative estimate of drug-likeness (QED) is 0.125. The highest BCUT2D eigenvalue weighted by Crippen LogP contribution is 2.32. The Kier molecular flexibility index (Phi) is 7.90. The topological polar surface area (TPSA) is 43.6 Å². The standard InChI is InChI=1S/C47H36N4Si/c1-33-16-14-18-35(30-33)45-48-46(36-19-15-17-34(2)31-36)50-47(49-45)51-43-27-13-12-26-41(43)42-32-40(28-29-44(42)51)52(37-20-6-3-7-21-37,38-22-8-4-9-23-38)39-24-10-5-11-25-39/h3-32H,1-2H3. The second kappa shape index (κ2) is 13.0. The van der Waals surface area contributed by atoms with Gasteiger partial charge in [0.25, 0.3) is 0 Å². The predicted octanol–water partition coefficient (Wildman–Crippen LogP) is 8.30. The van der Waals surface area contributed by atoms with Gasteiger partial charge in [0.05, 0.1) is 11.0 Å². The lowest BCUT2D eigenvalue weighted by atomic mass is 10.1. The first-order valence-electron chi connectivity index (χ1n) is 17.7. The van der Waals surface area contributed by atoms with Crippen molar-refractivity contribution in [2.24, 2.45) is 0 Å².